The fourth-order valence-corrected chi connectivity index (χ4v) is 3.71. The molecule has 1 heteroatoms. The second kappa shape index (κ2) is 4.22. The Labute approximate surface area is 88.7 Å². The van der Waals surface area contributed by atoms with Gasteiger partial charge in [0.05, 0.1) is 0 Å². The van der Waals surface area contributed by atoms with Crippen LogP contribution in [0, 0.1) is 17.3 Å². The highest BCUT2D eigenvalue weighted by Gasteiger charge is 2.58. The molecule has 14 heavy (non-hydrogen) atoms. The third kappa shape index (κ3) is 1.71. The zero-order chi connectivity index (χ0) is 10.0. The second-order valence-electron chi connectivity index (χ2n) is 5.34. The van der Waals surface area contributed by atoms with Crippen LogP contribution < -0.4 is 5.32 Å². The predicted molar refractivity (Wildman–Crippen MR) is 61.3 cm³/mol. The summed E-state index contributed by atoms with van der Waals surface area (Å²) in [5, 5.41) is 3.59. The molecule has 2 rings (SSSR count). The fourth-order valence-electron chi connectivity index (χ4n) is 3.71. The van der Waals surface area contributed by atoms with Crippen molar-refractivity contribution in [1.82, 2.24) is 5.32 Å². The maximum absolute atomic E-state index is 3.59. The Morgan fingerprint density at radius 2 is 2.14 bits per heavy atom. The number of hydrogen-bond donors (Lipinski definition) is 1. The summed E-state index contributed by atoms with van der Waals surface area (Å²) in [6.45, 7) is 7.14. The normalized spacial score (nSPS) is 40.7. The summed E-state index contributed by atoms with van der Waals surface area (Å²) in [7, 11) is 0. The maximum Gasteiger partial charge on any atom is -0.00149 e. The molecule has 3 atom stereocenters. The molecule has 3 unspecified atom stereocenters. The van der Waals surface area contributed by atoms with Gasteiger partial charge in [-0.2, -0.15) is 0 Å². The Bertz CT molecular complexity index is 190. The third-order valence-electron chi connectivity index (χ3n) is 4.60. The first-order chi connectivity index (χ1) is 6.83. The molecule has 0 amide bonds. The molecule has 0 radical (unpaired) electrons. The van der Waals surface area contributed by atoms with Crippen molar-refractivity contribution in [2.45, 2.75) is 52.4 Å². The van der Waals surface area contributed by atoms with E-state index in [2.05, 4.69) is 19.2 Å². The van der Waals surface area contributed by atoms with Gasteiger partial charge in [0.1, 0.15) is 0 Å². The summed E-state index contributed by atoms with van der Waals surface area (Å²) < 4.78 is 0. The standard InChI is InChI=1S/C13H25N/c1-3-8-14-10-12-9-13(12)7-5-6-11(13)4-2/h11-12,14H,3-10H2,1-2H3. The Kier molecular flexibility index (Phi) is 3.16. The fraction of sp³-hybridized carbons (Fsp3) is 1.00. The van der Waals surface area contributed by atoms with E-state index in [-0.39, 0.29) is 0 Å². The van der Waals surface area contributed by atoms with Gasteiger partial charge in [0, 0.05) is 0 Å². The lowest BCUT2D eigenvalue weighted by Gasteiger charge is -2.18. The first-order valence-electron chi connectivity index (χ1n) is 6.54. The summed E-state index contributed by atoms with van der Waals surface area (Å²) in [5.41, 5.74) is 0.815. The zero-order valence-electron chi connectivity index (χ0n) is 9.81. The lowest BCUT2D eigenvalue weighted by molar-refractivity contribution is 0.317. The van der Waals surface area contributed by atoms with E-state index in [9.17, 15) is 0 Å². The van der Waals surface area contributed by atoms with Crippen LogP contribution in [0.2, 0.25) is 0 Å². The van der Waals surface area contributed by atoms with Crippen LogP contribution in [0.4, 0.5) is 0 Å². The van der Waals surface area contributed by atoms with Crippen LogP contribution in [-0.4, -0.2) is 13.1 Å². The Balaban J connectivity index is 1.77. The van der Waals surface area contributed by atoms with E-state index in [0.29, 0.717) is 0 Å². The van der Waals surface area contributed by atoms with Crippen molar-refractivity contribution in [3.8, 4) is 0 Å². The topological polar surface area (TPSA) is 12.0 Å². The van der Waals surface area contributed by atoms with Gasteiger partial charge in [-0.25, -0.2) is 0 Å². The van der Waals surface area contributed by atoms with Crippen LogP contribution in [0.3, 0.4) is 0 Å². The van der Waals surface area contributed by atoms with Gasteiger partial charge in [-0.05, 0) is 56.0 Å². The smallest absolute Gasteiger partial charge is 0.00149 e. The first-order valence-corrected chi connectivity index (χ1v) is 6.54. The molecule has 2 fully saturated rings. The molecular weight excluding hydrogens is 170 g/mol. The molecule has 0 heterocycles. The molecule has 0 bridgehead atoms. The van der Waals surface area contributed by atoms with E-state index in [1.54, 1.807) is 0 Å². The average Bonchev–Trinajstić information content (AvgIpc) is 2.72. The largest absolute Gasteiger partial charge is 0.316 e. The van der Waals surface area contributed by atoms with Gasteiger partial charge in [0.2, 0.25) is 0 Å². The Morgan fingerprint density at radius 1 is 1.29 bits per heavy atom. The average molecular weight is 195 g/mol. The van der Waals surface area contributed by atoms with E-state index >= 15 is 0 Å². The van der Waals surface area contributed by atoms with E-state index in [4.69, 9.17) is 0 Å². The van der Waals surface area contributed by atoms with Gasteiger partial charge in [-0.1, -0.05) is 26.7 Å². The first kappa shape index (κ1) is 10.5. The molecule has 1 spiro atoms. The highest BCUT2D eigenvalue weighted by atomic mass is 14.9. The van der Waals surface area contributed by atoms with Gasteiger partial charge in [-0.15, -0.1) is 0 Å². The third-order valence-corrected chi connectivity index (χ3v) is 4.60. The number of hydrogen-bond acceptors (Lipinski definition) is 1. The highest BCUT2D eigenvalue weighted by molar-refractivity contribution is 5.09. The van der Waals surface area contributed by atoms with Crippen LogP contribution in [0.25, 0.3) is 0 Å². The molecule has 0 aromatic rings. The lowest BCUT2D eigenvalue weighted by atomic mass is 9.88. The zero-order valence-corrected chi connectivity index (χ0v) is 9.81. The van der Waals surface area contributed by atoms with Gasteiger partial charge >= 0.3 is 0 Å². The van der Waals surface area contributed by atoms with Crippen molar-refractivity contribution in [1.29, 1.82) is 0 Å². The summed E-state index contributed by atoms with van der Waals surface area (Å²) in [5.74, 6) is 2.09. The molecule has 82 valence electrons. The van der Waals surface area contributed by atoms with Crippen molar-refractivity contribution in [3.63, 3.8) is 0 Å². The lowest BCUT2D eigenvalue weighted by Crippen LogP contribution is -2.22. The van der Waals surface area contributed by atoms with Crippen molar-refractivity contribution < 1.29 is 0 Å². The van der Waals surface area contributed by atoms with Crippen LogP contribution in [-0.2, 0) is 0 Å². The monoisotopic (exact) mass is 195 g/mol. The molecule has 2 aliphatic carbocycles. The highest BCUT2D eigenvalue weighted by Crippen LogP contribution is 2.66. The number of rotatable bonds is 5. The maximum atomic E-state index is 3.59. The molecule has 2 aliphatic rings. The van der Waals surface area contributed by atoms with E-state index in [1.807, 2.05) is 0 Å². The summed E-state index contributed by atoms with van der Waals surface area (Å²) in [4.78, 5) is 0. The van der Waals surface area contributed by atoms with E-state index < -0.39 is 0 Å². The Morgan fingerprint density at radius 3 is 2.86 bits per heavy atom. The number of nitrogens with one attached hydrogen (secondary N) is 1. The van der Waals surface area contributed by atoms with Crippen LogP contribution in [0.15, 0.2) is 0 Å². The molecule has 0 saturated heterocycles. The van der Waals surface area contributed by atoms with Gasteiger partial charge < -0.3 is 5.32 Å². The quantitative estimate of drug-likeness (QED) is 0.664. The van der Waals surface area contributed by atoms with Crippen LogP contribution in [0.1, 0.15) is 52.4 Å². The minimum absolute atomic E-state index is 0.815. The minimum Gasteiger partial charge on any atom is -0.316 e. The van der Waals surface area contributed by atoms with Gasteiger partial charge in [-0.3, -0.25) is 0 Å². The molecule has 0 aromatic carbocycles. The van der Waals surface area contributed by atoms with E-state index in [1.165, 1.54) is 51.6 Å². The summed E-state index contributed by atoms with van der Waals surface area (Å²) >= 11 is 0. The molecule has 1 N–H and O–H groups in total. The summed E-state index contributed by atoms with van der Waals surface area (Å²) in [6, 6.07) is 0. The van der Waals surface area contributed by atoms with Gasteiger partial charge in [0.25, 0.3) is 0 Å². The van der Waals surface area contributed by atoms with Crippen molar-refractivity contribution in [2.75, 3.05) is 13.1 Å². The molecule has 0 aromatic heterocycles. The second-order valence-corrected chi connectivity index (χ2v) is 5.34. The molecular formula is C13H25N. The van der Waals surface area contributed by atoms with Crippen LogP contribution in [0.5, 0.6) is 0 Å². The van der Waals surface area contributed by atoms with E-state index in [0.717, 1.165) is 17.3 Å². The Hall–Kier alpha value is -0.0400. The van der Waals surface area contributed by atoms with Crippen molar-refractivity contribution in [3.05, 3.63) is 0 Å². The molecule has 0 aliphatic heterocycles. The van der Waals surface area contributed by atoms with Crippen LogP contribution >= 0.6 is 0 Å². The summed E-state index contributed by atoms with van der Waals surface area (Å²) in [6.07, 6.45) is 8.77. The van der Waals surface area contributed by atoms with Gasteiger partial charge in [0.15, 0.2) is 0 Å². The predicted octanol–water partition coefficient (Wildman–Crippen LogP) is 3.20. The van der Waals surface area contributed by atoms with Crippen molar-refractivity contribution in [2.24, 2.45) is 17.3 Å². The molecule has 2 saturated carbocycles. The van der Waals surface area contributed by atoms with Crippen molar-refractivity contribution >= 4 is 0 Å². The SMILES string of the molecule is CCCNCC1CC12CCCC2CC. The minimum atomic E-state index is 0.815. The molecule has 1 nitrogen and oxygen atoms in total.